The minimum atomic E-state index is -1.95. The molecule has 4 heteroatoms. The molecule has 0 unspecified atom stereocenters. The zero-order valence-electron chi connectivity index (χ0n) is 18.9. The Balaban J connectivity index is 0.00000160. The van der Waals surface area contributed by atoms with Gasteiger partial charge < -0.3 is 24.8 Å². The zero-order chi connectivity index (χ0) is 20.0. The molecule has 0 fully saturated rings. The molecule has 30 heavy (non-hydrogen) atoms. The van der Waals surface area contributed by atoms with Gasteiger partial charge in [0.15, 0.2) is 0 Å². The quantitative estimate of drug-likeness (QED) is 0.524. The summed E-state index contributed by atoms with van der Waals surface area (Å²) < 4.78 is 2.57. The van der Waals surface area contributed by atoms with E-state index in [2.05, 4.69) is 96.2 Å². The minimum absolute atomic E-state index is 0. The van der Waals surface area contributed by atoms with Crippen molar-refractivity contribution >= 4 is 5.43 Å². The standard InChI is InChI=1S/C15H13.C6H14Si.C5H5.2ClH.Zr/c1-10-3-5-14-12(7-10)9-13-8-11(2)4-6-15(13)14;1-5(2)7-6(3)4;1-2-4-5-3-1;;;/h3-9H,1-2H3;5-6H,1-4H3;1-3H,4H2;2*1H;/q;;;;;+2/p-2. The second-order valence-electron chi connectivity index (χ2n) is 9.12. The van der Waals surface area contributed by atoms with Crippen LogP contribution in [0.2, 0.25) is 11.1 Å². The molecule has 4 rings (SSSR count). The van der Waals surface area contributed by atoms with Crippen LogP contribution >= 0.6 is 0 Å². The molecule has 0 aromatic heterocycles. The molecule has 0 spiro atoms. The molecule has 0 aliphatic heterocycles. The van der Waals surface area contributed by atoms with E-state index in [-0.39, 0.29) is 24.8 Å². The first-order valence-corrected chi connectivity index (χ1v) is 18.7. The molecule has 0 radical (unpaired) electrons. The summed E-state index contributed by atoms with van der Waals surface area (Å²) in [5, 5.41) is 0. The number of benzene rings is 2. The summed E-state index contributed by atoms with van der Waals surface area (Å²) in [5.41, 5.74) is 10.5. The predicted molar refractivity (Wildman–Crippen MR) is 121 cm³/mol. The maximum absolute atomic E-state index is 2.53. The molecule has 0 amide bonds. The fraction of sp³-hybridized carbons (Fsp3) is 0.385. The monoisotopic (exact) mass is 532 g/mol. The molecule has 0 saturated carbocycles. The van der Waals surface area contributed by atoms with Crippen molar-refractivity contribution in [3.05, 3.63) is 80.2 Å². The Hall–Kier alpha value is -0.400. The van der Waals surface area contributed by atoms with Crippen molar-refractivity contribution in [1.29, 1.82) is 0 Å². The van der Waals surface area contributed by atoms with Crippen LogP contribution in [0, 0.1) is 13.8 Å². The minimum Gasteiger partial charge on any atom is -1.00 e. The topological polar surface area (TPSA) is 0 Å². The Morgan fingerprint density at radius 2 is 1.33 bits per heavy atom. The van der Waals surface area contributed by atoms with Crippen LogP contribution in [0.15, 0.2) is 57.9 Å². The summed E-state index contributed by atoms with van der Waals surface area (Å²) in [5.74, 6) is 0. The van der Waals surface area contributed by atoms with Gasteiger partial charge >= 0.3 is 180 Å². The van der Waals surface area contributed by atoms with Crippen LogP contribution in [0.5, 0.6) is 0 Å². The first-order chi connectivity index (χ1) is 13.4. The third-order valence-electron chi connectivity index (χ3n) is 6.29. The van der Waals surface area contributed by atoms with Gasteiger partial charge in [-0.05, 0) is 0 Å². The van der Waals surface area contributed by atoms with Crippen LogP contribution in [0.1, 0.15) is 60.0 Å². The molecule has 2 aliphatic rings. The third kappa shape index (κ3) is 4.68. The van der Waals surface area contributed by atoms with Crippen molar-refractivity contribution in [3.63, 3.8) is 0 Å². The number of hydrogen-bond donors (Lipinski definition) is 0. The number of halogens is 2. The summed E-state index contributed by atoms with van der Waals surface area (Å²) in [7, 11) is 0. The van der Waals surface area contributed by atoms with E-state index in [4.69, 9.17) is 0 Å². The van der Waals surface area contributed by atoms with Gasteiger partial charge in [0.05, 0.1) is 0 Å². The van der Waals surface area contributed by atoms with E-state index in [0.29, 0.717) is 3.63 Å². The smallest absolute Gasteiger partial charge is 1.00 e. The van der Waals surface area contributed by atoms with Gasteiger partial charge in [-0.3, -0.25) is 0 Å². The number of rotatable bonds is 4. The van der Waals surface area contributed by atoms with E-state index in [0.717, 1.165) is 11.1 Å². The number of aryl methyl sites for hydroxylation is 2. The first-order valence-electron chi connectivity index (χ1n) is 10.7. The van der Waals surface area contributed by atoms with Gasteiger partial charge in [0.2, 0.25) is 0 Å². The van der Waals surface area contributed by atoms with E-state index in [1.807, 2.05) is 3.28 Å². The molecule has 0 saturated heterocycles. The summed E-state index contributed by atoms with van der Waals surface area (Å²) in [6.07, 6.45) is 8.48. The normalized spacial score (nSPS) is 13.9. The van der Waals surface area contributed by atoms with E-state index >= 15 is 0 Å². The van der Waals surface area contributed by atoms with Crippen molar-refractivity contribution in [2.24, 2.45) is 0 Å². The molecule has 2 aromatic carbocycles. The van der Waals surface area contributed by atoms with Crippen molar-refractivity contribution in [1.82, 2.24) is 0 Å². The average molecular weight is 535 g/mol. The zero-order valence-corrected chi connectivity index (χ0v) is 23.9. The van der Waals surface area contributed by atoms with Gasteiger partial charge in [0.1, 0.15) is 0 Å². The molecule has 2 aromatic rings. The van der Waals surface area contributed by atoms with Crippen molar-refractivity contribution in [2.75, 3.05) is 0 Å². The molecular weight excluding hydrogens is 503 g/mol. The van der Waals surface area contributed by atoms with Gasteiger partial charge in [-0.15, -0.1) is 0 Å². The van der Waals surface area contributed by atoms with Crippen LogP contribution in [-0.2, 0) is 20.4 Å². The van der Waals surface area contributed by atoms with Gasteiger partial charge in [-0.1, -0.05) is 0 Å². The molecule has 0 bridgehead atoms. The SMILES string of the molecule is Cc1ccc2c(c1)[CH]([Zr+2]([C]1=CC=CC1)=[Si](C(C)C)C(C)C)c1cc(C)ccc1-2.[Cl-].[Cl-]. The van der Waals surface area contributed by atoms with Gasteiger partial charge in [0.25, 0.3) is 0 Å². The summed E-state index contributed by atoms with van der Waals surface area (Å²) in [6.45, 7) is 14.6. The third-order valence-corrected chi connectivity index (χ3v) is 31.7. The molecule has 2 aliphatic carbocycles. The Kier molecular flexibility index (Phi) is 9.03. The second kappa shape index (κ2) is 10.5. The van der Waals surface area contributed by atoms with Crippen molar-refractivity contribution < 1.29 is 45.2 Å². The molecule has 158 valence electrons. The maximum atomic E-state index is 2.53. The fourth-order valence-electron chi connectivity index (χ4n) is 5.28. The molecule has 0 atom stereocenters. The Morgan fingerprint density at radius 3 is 1.73 bits per heavy atom. The Morgan fingerprint density at radius 1 is 0.833 bits per heavy atom. The van der Waals surface area contributed by atoms with Crippen LogP contribution in [0.25, 0.3) is 11.1 Å². The summed E-state index contributed by atoms with van der Waals surface area (Å²) in [6, 6.07) is 14.5. The first kappa shape index (κ1) is 25.9. The van der Waals surface area contributed by atoms with Crippen LogP contribution in [-0.4, -0.2) is 5.43 Å². The Labute approximate surface area is 203 Å². The van der Waals surface area contributed by atoms with Crippen molar-refractivity contribution in [3.8, 4) is 11.1 Å². The van der Waals surface area contributed by atoms with Gasteiger partial charge in [0, 0.05) is 0 Å². The van der Waals surface area contributed by atoms with Crippen LogP contribution < -0.4 is 24.8 Å². The second-order valence-corrected chi connectivity index (χ2v) is 24.8. The summed E-state index contributed by atoms with van der Waals surface area (Å²) in [4.78, 5) is 0. The van der Waals surface area contributed by atoms with E-state index in [1.165, 1.54) is 28.7 Å². The van der Waals surface area contributed by atoms with Gasteiger partial charge in [-0.2, -0.15) is 0 Å². The van der Waals surface area contributed by atoms with Crippen LogP contribution in [0.3, 0.4) is 0 Å². The fourth-order valence-corrected chi connectivity index (χ4v) is 31.0. The predicted octanol–water partition coefficient (Wildman–Crippen LogP) is 1.65. The van der Waals surface area contributed by atoms with Crippen LogP contribution in [0.4, 0.5) is 0 Å². The summed E-state index contributed by atoms with van der Waals surface area (Å²) >= 11 is -1.95. The van der Waals surface area contributed by atoms with Crippen molar-refractivity contribution in [2.45, 2.75) is 62.7 Å². The van der Waals surface area contributed by atoms with E-state index < -0.39 is 25.8 Å². The number of fused-ring (bicyclic) bond motifs is 3. The van der Waals surface area contributed by atoms with E-state index in [1.54, 1.807) is 11.1 Å². The van der Waals surface area contributed by atoms with E-state index in [9.17, 15) is 0 Å². The number of hydrogen-bond acceptors (Lipinski definition) is 0. The molecular formula is C26H32Cl2SiZr. The molecule has 0 nitrogen and oxygen atoms in total. The molecule has 0 N–H and O–H groups in total. The molecule has 0 heterocycles. The maximum Gasteiger partial charge on any atom is -1.00 e. The Bertz CT molecular complexity index is 970. The average Bonchev–Trinajstić information content (AvgIpc) is 3.24. The van der Waals surface area contributed by atoms with Gasteiger partial charge in [-0.25, -0.2) is 0 Å². The largest absolute Gasteiger partial charge is 1.00 e. The number of allylic oxidation sites excluding steroid dienone is 4.